The van der Waals surface area contributed by atoms with E-state index in [1.54, 1.807) is 24.1 Å². The molecule has 10 heteroatoms. The highest BCUT2D eigenvalue weighted by molar-refractivity contribution is 7.89. The number of sulfonamides is 1. The number of anilines is 1. The quantitative estimate of drug-likeness (QED) is 0.488. The van der Waals surface area contributed by atoms with Gasteiger partial charge in [-0.05, 0) is 68.1 Å². The predicted molar refractivity (Wildman–Crippen MR) is 131 cm³/mol. The second-order valence-electron chi connectivity index (χ2n) is 8.52. The van der Waals surface area contributed by atoms with Crippen molar-refractivity contribution in [2.75, 3.05) is 38.3 Å². The van der Waals surface area contributed by atoms with Crippen LogP contribution in [0.15, 0.2) is 47.4 Å². The van der Waals surface area contributed by atoms with E-state index in [1.807, 2.05) is 18.2 Å². The van der Waals surface area contributed by atoms with E-state index in [2.05, 4.69) is 0 Å². The lowest BCUT2D eigenvalue weighted by Crippen LogP contribution is -2.37. The number of carbonyl (C=O) groups is 1. The molecule has 180 valence electrons. The van der Waals surface area contributed by atoms with Crippen molar-refractivity contribution in [1.82, 2.24) is 9.29 Å². The molecule has 5 rings (SSSR count). The zero-order valence-corrected chi connectivity index (χ0v) is 20.6. The normalized spacial score (nSPS) is 19.0. The molecule has 2 aliphatic rings. The van der Waals surface area contributed by atoms with Gasteiger partial charge < -0.3 is 9.47 Å². The summed E-state index contributed by atoms with van der Waals surface area (Å²) in [6.07, 6.45) is 3.55. The second-order valence-corrected chi connectivity index (χ2v) is 11.5. The Hall–Kier alpha value is -2.53. The fraction of sp³-hybridized carbons (Fsp3) is 0.417. The van der Waals surface area contributed by atoms with Gasteiger partial charge in [0.2, 0.25) is 10.0 Å². The van der Waals surface area contributed by atoms with Crippen molar-refractivity contribution in [3.8, 4) is 5.75 Å². The van der Waals surface area contributed by atoms with Crippen molar-refractivity contribution in [3.63, 3.8) is 0 Å². The molecule has 2 aliphatic heterocycles. The van der Waals surface area contributed by atoms with Gasteiger partial charge in [0.25, 0.3) is 5.91 Å². The fourth-order valence-corrected chi connectivity index (χ4v) is 6.90. The Morgan fingerprint density at radius 1 is 1.18 bits per heavy atom. The van der Waals surface area contributed by atoms with Crippen molar-refractivity contribution in [3.05, 3.63) is 48.0 Å². The number of carbonyl (C=O) groups excluding carboxylic acids is 1. The minimum Gasteiger partial charge on any atom is -0.497 e. The maximum Gasteiger partial charge on any atom is 0.260 e. The van der Waals surface area contributed by atoms with Crippen LogP contribution in [-0.4, -0.2) is 63.1 Å². The number of methoxy groups -OCH3 is 1. The van der Waals surface area contributed by atoms with Crippen LogP contribution in [0.3, 0.4) is 0 Å². The molecule has 34 heavy (non-hydrogen) atoms. The van der Waals surface area contributed by atoms with Crippen molar-refractivity contribution in [2.45, 2.75) is 36.7 Å². The molecule has 3 heterocycles. The first-order chi connectivity index (χ1) is 16.5. The number of benzene rings is 2. The number of amides is 1. The summed E-state index contributed by atoms with van der Waals surface area (Å²) in [5, 5.41) is 0.581. The Kier molecular flexibility index (Phi) is 6.57. The number of thiazole rings is 1. The van der Waals surface area contributed by atoms with Crippen LogP contribution < -0.4 is 9.64 Å². The van der Waals surface area contributed by atoms with Gasteiger partial charge >= 0.3 is 0 Å². The molecule has 3 aromatic rings. The highest BCUT2D eigenvalue weighted by atomic mass is 32.2. The first-order valence-corrected chi connectivity index (χ1v) is 13.7. The molecule has 1 aromatic heterocycles. The molecular formula is C24H27N3O5S2. The van der Waals surface area contributed by atoms with Crippen molar-refractivity contribution in [2.24, 2.45) is 0 Å². The Morgan fingerprint density at radius 2 is 1.94 bits per heavy atom. The summed E-state index contributed by atoms with van der Waals surface area (Å²) in [6.45, 7) is 2.16. The van der Waals surface area contributed by atoms with Gasteiger partial charge in [-0.3, -0.25) is 9.69 Å². The smallest absolute Gasteiger partial charge is 0.260 e. The molecule has 0 saturated carbocycles. The van der Waals surface area contributed by atoms with E-state index in [0.717, 1.165) is 41.6 Å². The lowest BCUT2D eigenvalue weighted by Gasteiger charge is -2.23. The molecular weight excluding hydrogens is 474 g/mol. The summed E-state index contributed by atoms with van der Waals surface area (Å²) in [6, 6.07) is 11.8. The van der Waals surface area contributed by atoms with Crippen molar-refractivity contribution in [1.29, 1.82) is 0 Å². The van der Waals surface area contributed by atoms with Crippen LogP contribution in [0.5, 0.6) is 5.75 Å². The molecule has 0 aliphatic carbocycles. The third-order valence-corrected chi connectivity index (χ3v) is 9.23. The number of hydrogen-bond donors (Lipinski definition) is 0. The molecule has 0 bridgehead atoms. The van der Waals surface area contributed by atoms with Gasteiger partial charge in [0, 0.05) is 25.3 Å². The van der Waals surface area contributed by atoms with Gasteiger partial charge in [-0.25, -0.2) is 13.4 Å². The fourth-order valence-electron chi connectivity index (χ4n) is 4.38. The largest absolute Gasteiger partial charge is 0.497 e. The monoisotopic (exact) mass is 501 g/mol. The lowest BCUT2D eigenvalue weighted by atomic mass is 10.2. The number of hydrogen-bond acceptors (Lipinski definition) is 7. The van der Waals surface area contributed by atoms with Crippen LogP contribution in [0.2, 0.25) is 0 Å². The number of ether oxygens (including phenoxy) is 2. The highest BCUT2D eigenvalue weighted by Gasteiger charge is 2.29. The minimum atomic E-state index is -3.53. The maximum absolute atomic E-state index is 13.6. The van der Waals surface area contributed by atoms with Crippen LogP contribution in [-0.2, 0) is 14.8 Å². The summed E-state index contributed by atoms with van der Waals surface area (Å²) < 4.78 is 39.2. The molecule has 0 N–H and O–H groups in total. The van der Waals surface area contributed by atoms with Gasteiger partial charge in [-0.2, -0.15) is 4.31 Å². The standard InChI is InChI=1S/C24H27N3O5S2/c1-31-18-8-11-21-22(15-18)33-24(25-21)27(16-19-5-4-14-32-19)23(28)17-6-9-20(10-7-17)34(29,30)26-12-2-3-13-26/h6-11,15,19H,2-5,12-14,16H2,1H3. The summed E-state index contributed by atoms with van der Waals surface area (Å²) in [7, 11) is -1.91. The van der Waals surface area contributed by atoms with Crippen LogP contribution >= 0.6 is 11.3 Å². The molecule has 8 nitrogen and oxygen atoms in total. The molecule has 2 fully saturated rings. The van der Waals surface area contributed by atoms with E-state index >= 15 is 0 Å². The van der Waals surface area contributed by atoms with Gasteiger partial charge in [0.05, 0.1) is 34.9 Å². The number of rotatable bonds is 7. The van der Waals surface area contributed by atoms with E-state index in [0.29, 0.717) is 36.9 Å². The van der Waals surface area contributed by atoms with Gasteiger partial charge in [-0.15, -0.1) is 0 Å². The second kappa shape index (κ2) is 9.61. The van der Waals surface area contributed by atoms with Gasteiger partial charge in [-0.1, -0.05) is 11.3 Å². The average Bonchev–Trinajstić information content (AvgIpc) is 3.63. The summed E-state index contributed by atoms with van der Waals surface area (Å²) >= 11 is 1.42. The zero-order chi connectivity index (χ0) is 23.7. The summed E-state index contributed by atoms with van der Waals surface area (Å²) in [5.41, 5.74) is 1.20. The van der Waals surface area contributed by atoms with Crippen LogP contribution in [0.4, 0.5) is 5.13 Å². The molecule has 0 radical (unpaired) electrons. The maximum atomic E-state index is 13.6. The SMILES string of the molecule is COc1ccc2nc(N(CC3CCCO3)C(=O)c3ccc(S(=O)(=O)N4CCCC4)cc3)sc2c1. The Balaban J connectivity index is 1.44. The Morgan fingerprint density at radius 3 is 2.62 bits per heavy atom. The van der Waals surface area contributed by atoms with Gasteiger partial charge in [0.15, 0.2) is 5.13 Å². The first-order valence-electron chi connectivity index (χ1n) is 11.4. The topological polar surface area (TPSA) is 89.0 Å². The summed E-state index contributed by atoms with van der Waals surface area (Å²) in [4.78, 5) is 20.2. The lowest BCUT2D eigenvalue weighted by molar-refractivity contribution is 0.0917. The Labute approximate surface area is 203 Å². The molecule has 1 amide bonds. The molecule has 1 atom stereocenters. The predicted octanol–water partition coefficient (Wildman–Crippen LogP) is 3.92. The van der Waals surface area contributed by atoms with E-state index in [1.165, 1.54) is 27.8 Å². The van der Waals surface area contributed by atoms with Crippen molar-refractivity contribution < 1.29 is 22.7 Å². The average molecular weight is 502 g/mol. The first kappa shape index (κ1) is 23.2. The van der Waals surface area contributed by atoms with Crippen LogP contribution in [0, 0.1) is 0 Å². The number of fused-ring (bicyclic) bond motifs is 1. The van der Waals surface area contributed by atoms with E-state index < -0.39 is 10.0 Å². The van der Waals surface area contributed by atoms with Crippen molar-refractivity contribution >= 4 is 42.6 Å². The van der Waals surface area contributed by atoms with Crippen LogP contribution in [0.1, 0.15) is 36.0 Å². The third-order valence-electron chi connectivity index (χ3n) is 6.27. The Bertz CT molecular complexity index is 1280. The van der Waals surface area contributed by atoms with E-state index in [4.69, 9.17) is 14.5 Å². The highest BCUT2D eigenvalue weighted by Crippen LogP contribution is 2.33. The minimum absolute atomic E-state index is 0.0553. The zero-order valence-electron chi connectivity index (χ0n) is 19.0. The number of aromatic nitrogens is 1. The molecule has 0 spiro atoms. The van der Waals surface area contributed by atoms with E-state index in [-0.39, 0.29) is 16.9 Å². The number of nitrogens with zero attached hydrogens (tertiary/aromatic N) is 3. The van der Waals surface area contributed by atoms with E-state index in [9.17, 15) is 13.2 Å². The molecule has 2 saturated heterocycles. The van der Waals surface area contributed by atoms with Gasteiger partial charge in [0.1, 0.15) is 5.75 Å². The third kappa shape index (κ3) is 4.55. The van der Waals surface area contributed by atoms with Crippen LogP contribution in [0.25, 0.3) is 10.2 Å². The molecule has 1 unspecified atom stereocenters. The summed E-state index contributed by atoms with van der Waals surface area (Å²) in [5.74, 6) is 0.501. The molecule has 2 aromatic carbocycles.